The standard InChI is InChI=1S/C20H18N2O5/c1-13(21-19(24)17-7-4-10-26-17)20(25)27-12-18(23)22-16-9-8-14-5-2-3-6-15(14)11-16/h2-11,13H,12H2,1H3,(H,21,24)(H,22,23)/t13-/m0/s1. The molecule has 0 fully saturated rings. The van der Waals surface area contributed by atoms with Crippen LogP contribution in [-0.2, 0) is 14.3 Å². The highest BCUT2D eigenvalue weighted by Gasteiger charge is 2.20. The van der Waals surface area contributed by atoms with Crippen LogP contribution in [0.3, 0.4) is 0 Å². The van der Waals surface area contributed by atoms with Gasteiger partial charge in [0, 0.05) is 5.69 Å². The summed E-state index contributed by atoms with van der Waals surface area (Å²) in [6, 6.07) is 15.4. The van der Waals surface area contributed by atoms with E-state index in [0.29, 0.717) is 5.69 Å². The zero-order chi connectivity index (χ0) is 19.2. The smallest absolute Gasteiger partial charge is 0.328 e. The number of ether oxygens (including phenoxy) is 1. The summed E-state index contributed by atoms with van der Waals surface area (Å²) in [6.07, 6.45) is 1.36. The van der Waals surface area contributed by atoms with Crippen LogP contribution in [0.2, 0.25) is 0 Å². The van der Waals surface area contributed by atoms with Gasteiger partial charge in [0.05, 0.1) is 6.26 Å². The summed E-state index contributed by atoms with van der Waals surface area (Å²) in [6.45, 7) is 1.01. The first-order valence-electron chi connectivity index (χ1n) is 8.32. The maximum Gasteiger partial charge on any atom is 0.328 e. The molecule has 7 heteroatoms. The second-order valence-corrected chi connectivity index (χ2v) is 5.89. The van der Waals surface area contributed by atoms with E-state index in [2.05, 4.69) is 10.6 Å². The number of esters is 1. The van der Waals surface area contributed by atoms with Crippen molar-refractivity contribution in [3.63, 3.8) is 0 Å². The maximum atomic E-state index is 12.0. The highest BCUT2D eigenvalue weighted by molar-refractivity contribution is 5.97. The average molecular weight is 366 g/mol. The third kappa shape index (κ3) is 4.72. The zero-order valence-corrected chi connectivity index (χ0v) is 14.6. The summed E-state index contributed by atoms with van der Waals surface area (Å²) < 4.78 is 9.89. The van der Waals surface area contributed by atoms with E-state index in [9.17, 15) is 14.4 Å². The number of benzene rings is 2. The van der Waals surface area contributed by atoms with E-state index in [-0.39, 0.29) is 5.76 Å². The van der Waals surface area contributed by atoms with Gasteiger partial charge in [-0.15, -0.1) is 0 Å². The minimum atomic E-state index is -0.920. The van der Waals surface area contributed by atoms with Crippen LogP contribution in [0.5, 0.6) is 0 Å². The molecule has 7 nitrogen and oxygen atoms in total. The van der Waals surface area contributed by atoms with Gasteiger partial charge in [0.2, 0.25) is 0 Å². The van der Waals surface area contributed by atoms with Crippen molar-refractivity contribution >= 4 is 34.2 Å². The van der Waals surface area contributed by atoms with E-state index in [4.69, 9.17) is 9.15 Å². The Morgan fingerprint density at radius 1 is 1.04 bits per heavy atom. The van der Waals surface area contributed by atoms with Crippen molar-refractivity contribution in [3.8, 4) is 0 Å². The largest absolute Gasteiger partial charge is 0.459 e. The predicted molar refractivity (Wildman–Crippen MR) is 99.2 cm³/mol. The van der Waals surface area contributed by atoms with Crippen LogP contribution in [-0.4, -0.2) is 30.4 Å². The number of anilines is 1. The van der Waals surface area contributed by atoms with E-state index >= 15 is 0 Å². The second-order valence-electron chi connectivity index (χ2n) is 5.89. The number of carbonyl (C=O) groups excluding carboxylic acids is 3. The quantitative estimate of drug-likeness (QED) is 0.654. The molecule has 27 heavy (non-hydrogen) atoms. The Morgan fingerprint density at radius 2 is 1.81 bits per heavy atom. The van der Waals surface area contributed by atoms with Gasteiger partial charge in [-0.3, -0.25) is 9.59 Å². The SMILES string of the molecule is C[C@H](NC(=O)c1ccco1)C(=O)OCC(=O)Nc1ccc2ccccc2c1. The van der Waals surface area contributed by atoms with Gasteiger partial charge in [-0.05, 0) is 42.0 Å². The molecular weight excluding hydrogens is 348 g/mol. The zero-order valence-electron chi connectivity index (χ0n) is 14.6. The Hall–Kier alpha value is -3.61. The number of hydrogen-bond acceptors (Lipinski definition) is 5. The molecule has 0 radical (unpaired) electrons. The molecule has 138 valence electrons. The maximum absolute atomic E-state index is 12.0. The van der Waals surface area contributed by atoms with Crippen molar-refractivity contribution in [2.45, 2.75) is 13.0 Å². The van der Waals surface area contributed by atoms with Crippen LogP contribution in [0.25, 0.3) is 10.8 Å². The van der Waals surface area contributed by atoms with Crippen molar-refractivity contribution in [2.75, 3.05) is 11.9 Å². The molecule has 1 aromatic heterocycles. The summed E-state index contributed by atoms with van der Waals surface area (Å²) in [4.78, 5) is 35.7. The van der Waals surface area contributed by atoms with Crippen molar-refractivity contribution in [1.82, 2.24) is 5.32 Å². The molecule has 3 aromatic rings. The molecule has 0 aliphatic heterocycles. The third-order valence-corrected chi connectivity index (χ3v) is 3.82. The fourth-order valence-electron chi connectivity index (χ4n) is 2.46. The Bertz CT molecular complexity index is 965. The van der Waals surface area contributed by atoms with Gasteiger partial charge in [0.15, 0.2) is 12.4 Å². The lowest BCUT2D eigenvalue weighted by atomic mass is 10.1. The van der Waals surface area contributed by atoms with Gasteiger partial charge in [0.25, 0.3) is 11.8 Å². The van der Waals surface area contributed by atoms with Crippen molar-refractivity contribution in [1.29, 1.82) is 0 Å². The predicted octanol–water partition coefficient (Wildman–Crippen LogP) is 2.73. The fourth-order valence-corrected chi connectivity index (χ4v) is 2.46. The minimum absolute atomic E-state index is 0.0868. The first kappa shape index (κ1) is 18.2. The van der Waals surface area contributed by atoms with Gasteiger partial charge < -0.3 is 19.8 Å². The first-order valence-corrected chi connectivity index (χ1v) is 8.32. The van der Waals surface area contributed by atoms with E-state index in [1.807, 2.05) is 36.4 Å². The van der Waals surface area contributed by atoms with Crippen molar-refractivity contribution in [2.24, 2.45) is 0 Å². The summed E-state index contributed by atoms with van der Waals surface area (Å²) in [5.74, 6) is -1.64. The van der Waals surface area contributed by atoms with Crippen LogP contribution in [0.4, 0.5) is 5.69 Å². The normalized spacial score (nSPS) is 11.6. The molecule has 0 spiro atoms. The molecule has 0 bridgehead atoms. The monoisotopic (exact) mass is 366 g/mol. The topological polar surface area (TPSA) is 97.6 Å². The Morgan fingerprint density at radius 3 is 2.56 bits per heavy atom. The molecule has 2 N–H and O–H groups in total. The molecular formula is C20H18N2O5. The first-order chi connectivity index (χ1) is 13.0. The lowest BCUT2D eigenvalue weighted by Crippen LogP contribution is -2.40. The van der Waals surface area contributed by atoms with E-state index in [0.717, 1.165) is 10.8 Å². The highest BCUT2D eigenvalue weighted by atomic mass is 16.5. The molecule has 0 aliphatic rings. The fraction of sp³-hybridized carbons (Fsp3) is 0.150. The van der Waals surface area contributed by atoms with Gasteiger partial charge in [-0.25, -0.2) is 4.79 Å². The van der Waals surface area contributed by atoms with Gasteiger partial charge >= 0.3 is 5.97 Å². The number of nitrogens with one attached hydrogen (secondary N) is 2. The van der Waals surface area contributed by atoms with Crippen molar-refractivity contribution < 1.29 is 23.5 Å². The third-order valence-electron chi connectivity index (χ3n) is 3.82. The molecule has 3 rings (SSSR count). The van der Waals surface area contributed by atoms with Gasteiger partial charge in [0.1, 0.15) is 6.04 Å². The van der Waals surface area contributed by atoms with Crippen LogP contribution < -0.4 is 10.6 Å². The molecule has 0 saturated carbocycles. The lowest BCUT2D eigenvalue weighted by molar-refractivity contribution is -0.148. The number of furan rings is 1. The summed E-state index contributed by atoms with van der Waals surface area (Å²) in [7, 11) is 0. The molecule has 1 heterocycles. The Balaban J connectivity index is 1.48. The number of amides is 2. The Kier molecular flexibility index (Phi) is 5.51. The molecule has 2 amide bonds. The van der Waals surface area contributed by atoms with E-state index in [1.165, 1.54) is 19.3 Å². The van der Waals surface area contributed by atoms with E-state index in [1.54, 1.807) is 12.1 Å². The van der Waals surface area contributed by atoms with Crippen LogP contribution in [0.1, 0.15) is 17.5 Å². The van der Waals surface area contributed by atoms with Crippen molar-refractivity contribution in [3.05, 3.63) is 66.6 Å². The van der Waals surface area contributed by atoms with Crippen LogP contribution in [0, 0.1) is 0 Å². The molecule has 0 saturated heterocycles. The van der Waals surface area contributed by atoms with Crippen LogP contribution >= 0.6 is 0 Å². The Labute approximate surface area is 155 Å². The number of rotatable bonds is 6. The van der Waals surface area contributed by atoms with Crippen LogP contribution in [0.15, 0.2) is 65.3 Å². The summed E-state index contributed by atoms with van der Waals surface area (Å²) in [5, 5.41) is 7.16. The number of hydrogen-bond donors (Lipinski definition) is 2. The second kappa shape index (κ2) is 8.18. The lowest BCUT2D eigenvalue weighted by Gasteiger charge is -2.12. The highest BCUT2D eigenvalue weighted by Crippen LogP contribution is 2.18. The molecule has 0 unspecified atom stereocenters. The molecule has 1 atom stereocenters. The van der Waals surface area contributed by atoms with Gasteiger partial charge in [-0.2, -0.15) is 0 Å². The van der Waals surface area contributed by atoms with Gasteiger partial charge in [-0.1, -0.05) is 30.3 Å². The summed E-state index contributed by atoms with van der Waals surface area (Å²) >= 11 is 0. The number of fused-ring (bicyclic) bond motifs is 1. The molecule has 0 aliphatic carbocycles. The molecule has 2 aromatic carbocycles. The average Bonchev–Trinajstić information content (AvgIpc) is 3.21. The number of carbonyl (C=O) groups is 3. The summed E-state index contributed by atoms with van der Waals surface area (Å²) in [5.41, 5.74) is 0.605. The van der Waals surface area contributed by atoms with E-state index < -0.39 is 30.4 Å². The minimum Gasteiger partial charge on any atom is -0.459 e.